The smallest absolute Gasteiger partial charge is 0.311 e. The molecule has 33 heavy (non-hydrogen) atoms. The number of ether oxygens (including phenoxy) is 1. The Hall–Kier alpha value is -1.18. The predicted octanol–water partition coefficient (Wildman–Crippen LogP) is 7.53. The van der Waals surface area contributed by atoms with E-state index in [0.717, 1.165) is 44.5 Å². The van der Waals surface area contributed by atoms with E-state index < -0.39 is 10.3 Å². The molecule has 0 spiro atoms. The number of rotatable bonds is 19. The van der Waals surface area contributed by atoms with Crippen LogP contribution in [0.25, 0.3) is 0 Å². The van der Waals surface area contributed by atoms with Gasteiger partial charge < -0.3 is 14.0 Å². The maximum Gasteiger partial charge on any atom is 0.311 e. The molecule has 0 fully saturated rings. The van der Waals surface area contributed by atoms with Gasteiger partial charge in [0.25, 0.3) is 0 Å². The first-order valence-electron chi connectivity index (χ1n) is 12.3. The van der Waals surface area contributed by atoms with Gasteiger partial charge in [-0.3, -0.25) is 9.59 Å². The predicted molar refractivity (Wildman–Crippen MR) is 142 cm³/mol. The summed E-state index contributed by atoms with van der Waals surface area (Å²) in [5, 5.41) is 10.2. The summed E-state index contributed by atoms with van der Waals surface area (Å²) >= 11 is 1.47. The number of phenolic OH excluding ortho intramolecular Hbond substituents is 1. The van der Waals surface area contributed by atoms with Crippen LogP contribution in [0.4, 0.5) is 0 Å². The Kier molecular flexibility index (Phi) is 15.6. The molecule has 7 heteroatoms. The Bertz CT molecular complexity index is 706. The third-order valence-electron chi connectivity index (χ3n) is 5.40. The molecule has 1 N–H and O–H groups in total. The second-order valence-corrected chi connectivity index (χ2v) is 13.4. The number of aromatic hydroxyl groups is 1. The maximum absolute atomic E-state index is 12.2. The molecule has 0 aliphatic heterocycles. The van der Waals surface area contributed by atoms with Crippen molar-refractivity contribution < 1.29 is 23.6 Å². The monoisotopic (exact) mass is 500 g/mol. The molecule has 0 amide bonds. The van der Waals surface area contributed by atoms with Crippen molar-refractivity contribution in [2.24, 2.45) is 0 Å². The van der Waals surface area contributed by atoms with Crippen LogP contribution in [-0.2, 0) is 8.98 Å². The van der Waals surface area contributed by atoms with Gasteiger partial charge in [0, 0.05) is 6.42 Å². The first kappa shape index (κ1) is 29.9. The SMILES string of the molecule is CCCCSc1cc(OC(=O)CCCCCCCCCCS(C)(C)OCC)cc(C=O)c1O. The molecular formula is C26H44O5S2. The lowest BCUT2D eigenvalue weighted by Gasteiger charge is -2.30. The Balaban J connectivity index is 2.23. The average Bonchev–Trinajstić information content (AvgIpc) is 2.77. The summed E-state index contributed by atoms with van der Waals surface area (Å²) in [7, 11) is -0.856. The second kappa shape index (κ2) is 17.3. The molecule has 0 unspecified atom stereocenters. The number of benzene rings is 1. The van der Waals surface area contributed by atoms with Crippen LogP contribution in [0, 0.1) is 0 Å². The zero-order valence-electron chi connectivity index (χ0n) is 21.0. The minimum Gasteiger partial charge on any atom is -0.506 e. The summed E-state index contributed by atoms with van der Waals surface area (Å²) < 4.78 is 11.3. The third-order valence-corrected chi connectivity index (χ3v) is 8.66. The van der Waals surface area contributed by atoms with Crippen molar-refractivity contribution in [1.29, 1.82) is 0 Å². The van der Waals surface area contributed by atoms with Crippen molar-refractivity contribution in [1.82, 2.24) is 0 Å². The molecule has 5 nitrogen and oxygen atoms in total. The number of unbranched alkanes of at least 4 members (excludes halogenated alkanes) is 8. The molecule has 0 bridgehead atoms. The first-order valence-corrected chi connectivity index (χ1v) is 15.9. The molecule has 1 aromatic rings. The van der Waals surface area contributed by atoms with Crippen LogP contribution in [0.5, 0.6) is 11.5 Å². The number of aldehydes is 1. The lowest BCUT2D eigenvalue weighted by molar-refractivity contribution is -0.134. The van der Waals surface area contributed by atoms with E-state index in [9.17, 15) is 14.7 Å². The van der Waals surface area contributed by atoms with Crippen LogP contribution in [-0.4, -0.2) is 48.0 Å². The zero-order chi connectivity index (χ0) is 24.5. The van der Waals surface area contributed by atoms with Gasteiger partial charge in [-0.05, 0) is 62.3 Å². The zero-order valence-corrected chi connectivity index (χ0v) is 22.7. The molecular weight excluding hydrogens is 456 g/mol. The van der Waals surface area contributed by atoms with Gasteiger partial charge in [0.1, 0.15) is 11.5 Å². The molecule has 1 rings (SSSR count). The van der Waals surface area contributed by atoms with E-state index in [-0.39, 0.29) is 17.3 Å². The molecule has 0 saturated carbocycles. The van der Waals surface area contributed by atoms with Crippen molar-refractivity contribution in [3.8, 4) is 11.5 Å². The molecule has 0 atom stereocenters. The van der Waals surface area contributed by atoms with Gasteiger partial charge in [0.2, 0.25) is 0 Å². The fraction of sp³-hybridized carbons (Fsp3) is 0.692. The summed E-state index contributed by atoms with van der Waals surface area (Å²) in [6.45, 7) is 4.97. The highest BCUT2D eigenvalue weighted by Crippen LogP contribution is 2.41. The largest absolute Gasteiger partial charge is 0.506 e. The molecule has 0 radical (unpaired) electrons. The molecule has 0 aromatic heterocycles. The Morgan fingerprint density at radius 1 is 1.00 bits per heavy atom. The fourth-order valence-corrected chi connectivity index (χ4v) is 6.29. The average molecular weight is 501 g/mol. The first-order chi connectivity index (χ1) is 15.8. The Morgan fingerprint density at radius 3 is 2.24 bits per heavy atom. The van der Waals surface area contributed by atoms with Crippen LogP contribution in [0.2, 0.25) is 0 Å². The summed E-state index contributed by atoms with van der Waals surface area (Å²) in [5.41, 5.74) is 0.155. The van der Waals surface area contributed by atoms with E-state index in [2.05, 4.69) is 26.4 Å². The standard InChI is InChI=1S/C26H44O5S2/c1-5-7-17-32-24-20-23(19-22(21-27)26(24)29)31-25(28)16-14-12-10-8-9-11-13-15-18-33(3,4)30-6-2/h19-21,29H,5-18H2,1-4H3. The summed E-state index contributed by atoms with van der Waals surface area (Å²) in [6, 6.07) is 3.08. The van der Waals surface area contributed by atoms with Crippen LogP contribution >= 0.6 is 22.1 Å². The van der Waals surface area contributed by atoms with Gasteiger partial charge in [0.05, 0.1) is 17.1 Å². The van der Waals surface area contributed by atoms with Crippen molar-refractivity contribution in [2.45, 2.75) is 89.4 Å². The highest BCUT2D eigenvalue weighted by Gasteiger charge is 2.14. The number of hydrogen-bond donors (Lipinski definition) is 1. The van der Waals surface area contributed by atoms with Crippen LogP contribution in [0.3, 0.4) is 0 Å². The summed E-state index contributed by atoms with van der Waals surface area (Å²) in [4.78, 5) is 24.1. The lowest BCUT2D eigenvalue weighted by Crippen LogP contribution is -2.08. The van der Waals surface area contributed by atoms with Crippen molar-refractivity contribution in [2.75, 3.05) is 30.6 Å². The number of thioether (sulfide) groups is 1. The summed E-state index contributed by atoms with van der Waals surface area (Å²) in [5.74, 6) is 2.03. The highest BCUT2D eigenvalue weighted by atomic mass is 32.3. The van der Waals surface area contributed by atoms with Crippen molar-refractivity contribution in [3.05, 3.63) is 17.7 Å². The van der Waals surface area contributed by atoms with E-state index in [1.807, 2.05) is 0 Å². The van der Waals surface area contributed by atoms with E-state index in [1.165, 1.54) is 55.7 Å². The number of carbonyl (C=O) groups excluding carboxylic acids is 2. The minimum absolute atomic E-state index is 0.0369. The van der Waals surface area contributed by atoms with Crippen LogP contribution < -0.4 is 4.74 Å². The number of phenols is 1. The fourth-order valence-electron chi connectivity index (χ4n) is 3.53. The highest BCUT2D eigenvalue weighted by molar-refractivity contribution is 8.28. The van der Waals surface area contributed by atoms with Crippen LogP contribution in [0.1, 0.15) is 94.8 Å². The third kappa shape index (κ3) is 13.3. The van der Waals surface area contributed by atoms with E-state index >= 15 is 0 Å². The van der Waals surface area contributed by atoms with E-state index in [4.69, 9.17) is 8.92 Å². The topological polar surface area (TPSA) is 72.8 Å². The minimum atomic E-state index is -0.856. The second-order valence-electron chi connectivity index (χ2n) is 8.78. The molecule has 0 aliphatic carbocycles. The number of hydrogen-bond acceptors (Lipinski definition) is 6. The quantitative estimate of drug-likeness (QED) is 0.0696. The number of esters is 1. The van der Waals surface area contributed by atoms with Gasteiger partial charge in [-0.25, -0.2) is 0 Å². The normalized spacial score (nSPS) is 12.0. The van der Waals surface area contributed by atoms with Crippen molar-refractivity contribution in [3.63, 3.8) is 0 Å². The summed E-state index contributed by atoms with van der Waals surface area (Å²) in [6.07, 6.45) is 16.7. The van der Waals surface area contributed by atoms with Gasteiger partial charge in [-0.1, -0.05) is 51.9 Å². The molecule has 0 aliphatic rings. The van der Waals surface area contributed by atoms with Crippen LogP contribution in [0.15, 0.2) is 17.0 Å². The Labute approximate surface area is 206 Å². The molecule has 0 heterocycles. The van der Waals surface area contributed by atoms with Crippen molar-refractivity contribution >= 4 is 34.3 Å². The number of carbonyl (C=O) groups is 2. The van der Waals surface area contributed by atoms with Gasteiger partial charge in [-0.2, -0.15) is 0 Å². The maximum atomic E-state index is 12.2. The lowest BCUT2D eigenvalue weighted by atomic mass is 10.1. The van der Waals surface area contributed by atoms with Gasteiger partial charge in [0.15, 0.2) is 6.29 Å². The molecule has 190 valence electrons. The van der Waals surface area contributed by atoms with Gasteiger partial charge in [-0.15, -0.1) is 22.1 Å². The molecule has 1 aromatic carbocycles. The Morgan fingerprint density at radius 2 is 1.64 bits per heavy atom. The van der Waals surface area contributed by atoms with E-state index in [1.54, 1.807) is 6.07 Å². The molecule has 0 saturated heterocycles. The van der Waals surface area contributed by atoms with E-state index in [0.29, 0.717) is 23.4 Å². The van der Waals surface area contributed by atoms with Gasteiger partial charge >= 0.3 is 5.97 Å².